The van der Waals surface area contributed by atoms with Crippen molar-refractivity contribution in [3.63, 3.8) is 0 Å². The van der Waals surface area contributed by atoms with Crippen molar-refractivity contribution < 1.29 is 19.1 Å². The Morgan fingerprint density at radius 1 is 0.906 bits per heavy atom. The van der Waals surface area contributed by atoms with Gasteiger partial charge < -0.3 is 19.7 Å². The highest BCUT2D eigenvalue weighted by Gasteiger charge is 2.16. The fraction of sp³-hybridized carbons (Fsp3) is 0.308. The average Bonchev–Trinajstić information content (AvgIpc) is 2.76. The molecule has 0 aliphatic rings. The van der Waals surface area contributed by atoms with Crippen molar-refractivity contribution in [2.45, 2.75) is 39.5 Å². The number of rotatable bonds is 6. The summed E-state index contributed by atoms with van der Waals surface area (Å²) < 4.78 is 10.5. The fourth-order valence-electron chi connectivity index (χ4n) is 3.32. The lowest BCUT2D eigenvalue weighted by Crippen LogP contribution is -2.32. The third kappa shape index (κ3) is 6.23. The van der Waals surface area contributed by atoms with Crippen molar-refractivity contribution in [2.75, 3.05) is 14.2 Å². The number of nitrogens with one attached hydrogen (secondary N) is 1. The van der Waals surface area contributed by atoms with Crippen LogP contribution in [-0.4, -0.2) is 36.7 Å². The minimum Gasteiger partial charge on any atom is -0.497 e. The van der Waals surface area contributed by atoms with Gasteiger partial charge in [-0.3, -0.25) is 4.79 Å². The second-order valence-corrected chi connectivity index (χ2v) is 8.76. The molecule has 0 saturated carbocycles. The molecule has 3 rings (SSSR count). The van der Waals surface area contributed by atoms with E-state index in [1.165, 1.54) is 0 Å². The molecule has 0 atom stereocenters. The van der Waals surface area contributed by atoms with Gasteiger partial charge in [-0.15, -0.1) is 0 Å². The molecule has 0 aliphatic carbocycles. The predicted octanol–water partition coefficient (Wildman–Crippen LogP) is 5.15. The third-order valence-electron chi connectivity index (χ3n) is 4.91. The van der Waals surface area contributed by atoms with Crippen LogP contribution in [0.15, 0.2) is 60.7 Å². The number of fused-ring (bicyclic) bond motifs is 1. The van der Waals surface area contributed by atoms with Crippen molar-refractivity contribution in [1.29, 1.82) is 0 Å². The van der Waals surface area contributed by atoms with Gasteiger partial charge >= 0.3 is 6.09 Å². The summed E-state index contributed by atoms with van der Waals surface area (Å²) in [4.78, 5) is 26.3. The standard InChI is InChI=1S/C26H30N2O4/c1-26(2,3)32-25(30)27-16-18-6-9-20(10-7-18)24(29)28(4)17-19-8-11-22-15-23(31-5)13-12-21(22)14-19/h6-15H,16-17H2,1-5H3,(H,27,30). The molecular formula is C26H30N2O4. The van der Waals surface area contributed by atoms with E-state index in [-0.39, 0.29) is 5.91 Å². The molecule has 0 fully saturated rings. The first kappa shape index (κ1) is 23.1. The van der Waals surface area contributed by atoms with E-state index in [1.54, 1.807) is 31.2 Å². The van der Waals surface area contributed by atoms with E-state index in [4.69, 9.17) is 9.47 Å². The molecule has 0 radical (unpaired) electrons. The zero-order chi connectivity index (χ0) is 23.3. The van der Waals surface area contributed by atoms with Gasteiger partial charge in [0.05, 0.1) is 7.11 Å². The molecule has 168 valence electrons. The maximum absolute atomic E-state index is 12.8. The highest BCUT2D eigenvalue weighted by atomic mass is 16.6. The first-order chi connectivity index (χ1) is 15.1. The summed E-state index contributed by atoms with van der Waals surface area (Å²) in [5, 5.41) is 4.91. The van der Waals surface area contributed by atoms with E-state index in [0.717, 1.165) is 27.6 Å². The quantitative estimate of drug-likeness (QED) is 0.583. The molecule has 6 nitrogen and oxygen atoms in total. The van der Waals surface area contributed by atoms with Crippen molar-refractivity contribution >= 4 is 22.8 Å². The molecule has 32 heavy (non-hydrogen) atoms. The first-order valence-corrected chi connectivity index (χ1v) is 10.5. The lowest BCUT2D eigenvalue weighted by atomic mass is 10.1. The third-order valence-corrected chi connectivity index (χ3v) is 4.91. The molecule has 1 N–H and O–H groups in total. The molecule has 0 saturated heterocycles. The summed E-state index contributed by atoms with van der Waals surface area (Å²) >= 11 is 0. The van der Waals surface area contributed by atoms with Crippen molar-refractivity contribution in [3.05, 3.63) is 77.4 Å². The van der Waals surface area contributed by atoms with Crippen molar-refractivity contribution in [2.24, 2.45) is 0 Å². The molecule has 0 bridgehead atoms. The van der Waals surface area contributed by atoms with Gasteiger partial charge in [0.2, 0.25) is 0 Å². The Morgan fingerprint density at radius 2 is 1.53 bits per heavy atom. The number of carbonyl (C=O) groups is 2. The Labute approximate surface area is 189 Å². The molecule has 0 heterocycles. The smallest absolute Gasteiger partial charge is 0.407 e. The number of amides is 2. The van der Waals surface area contributed by atoms with E-state index < -0.39 is 11.7 Å². The van der Waals surface area contributed by atoms with Gasteiger partial charge in [0.25, 0.3) is 5.91 Å². The van der Waals surface area contributed by atoms with Crippen molar-refractivity contribution in [1.82, 2.24) is 10.2 Å². The van der Waals surface area contributed by atoms with Gasteiger partial charge in [0, 0.05) is 25.7 Å². The van der Waals surface area contributed by atoms with Crippen LogP contribution < -0.4 is 10.1 Å². The summed E-state index contributed by atoms with van der Waals surface area (Å²) in [7, 11) is 3.44. The number of benzene rings is 3. The van der Waals surface area contributed by atoms with Crippen LogP contribution in [0.5, 0.6) is 5.75 Å². The topological polar surface area (TPSA) is 67.9 Å². The fourth-order valence-corrected chi connectivity index (χ4v) is 3.32. The highest BCUT2D eigenvalue weighted by molar-refractivity contribution is 5.94. The molecule has 3 aromatic carbocycles. The summed E-state index contributed by atoms with van der Waals surface area (Å²) in [6.07, 6.45) is -0.466. The highest BCUT2D eigenvalue weighted by Crippen LogP contribution is 2.22. The van der Waals surface area contributed by atoms with Crippen LogP contribution in [0.3, 0.4) is 0 Å². The summed E-state index contributed by atoms with van der Waals surface area (Å²) in [6.45, 7) is 6.29. The largest absolute Gasteiger partial charge is 0.497 e. The molecule has 3 aromatic rings. The Balaban J connectivity index is 1.59. The van der Waals surface area contributed by atoms with Crippen LogP contribution in [0.1, 0.15) is 42.3 Å². The zero-order valence-electron chi connectivity index (χ0n) is 19.3. The van der Waals surface area contributed by atoms with E-state index in [1.807, 2.05) is 63.2 Å². The van der Waals surface area contributed by atoms with Gasteiger partial charge in [-0.05, 0) is 73.0 Å². The van der Waals surface area contributed by atoms with Gasteiger partial charge in [-0.2, -0.15) is 0 Å². The lowest BCUT2D eigenvalue weighted by Gasteiger charge is -2.20. The lowest BCUT2D eigenvalue weighted by molar-refractivity contribution is 0.0523. The van der Waals surface area contributed by atoms with Gasteiger partial charge in [-0.1, -0.05) is 30.3 Å². The number of alkyl carbamates (subject to hydrolysis) is 1. The monoisotopic (exact) mass is 434 g/mol. The van der Waals surface area contributed by atoms with Gasteiger partial charge in [-0.25, -0.2) is 4.79 Å². The minimum absolute atomic E-state index is 0.0634. The maximum Gasteiger partial charge on any atom is 0.407 e. The van der Waals surface area contributed by atoms with Crippen LogP contribution in [0.2, 0.25) is 0 Å². The molecule has 2 amide bonds. The number of methoxy groups -OCH3 is 1. The van der Waals surface area contributed by atoms with E-state index in [2.05, 4.69) is 11.4 Å². The molecule has 6 heteroatoms. The molecule has 0 aromatic heterocycles. The number of ether oxygens (including phenoxy) is 2. The predicted molar refractivity (Wildman–Crippen MR) is 126 cm³/mol. The second-order valence-electron chi connectivity index (χ2n) is 8.76. The molecule has 0 spiro atoms. The number of hydrogen-bond donors (Lipinski definition) is 1. The Kier molecular flexibility index (Phi) is 7.03. The normalized spacial score (nSPS) is 11.2. The number of carbonyl (C=O) groups excluding carboxylic acids is 2. The van der Waals surface area contributed by atoms with Crippen LogP contribution in [0.4, 0.5) is 4.79 Å². The van der Waals surface area contributed by atoms with Crippen LogP contribution in [0.25, 0.3) is 10.8 Å². The van der Waals surface area contributed by atoms with Gasteiger partial charge in [0.1, 0.15) is 11.4 Å². The molecule has 0 unspecified atom stereocenters. The summed E-state index contributed by atoms with van der Waals surface area (Å²) in [5.74, 6) is 0.758. The second kappa shape index (κ2) is 9.73. The Morgan fingerprint density at radius 3 is 2.19 bits per heavy atom. The SMILES string of the molecule is COc1ccc2cc(CN(C)C(=O)c3ccc(CNC(=O)OC(C)(C)C)cc3)ccc2c1. The van der Waals surface area contributed by atoms with E-state index >= 15 is 0 Å². The Hall–Kier alpha value is -3.54. The van der Waals surface area contributed by atoms with Gasteiger partial charge in [0.15, 0.2) is 0 Å². The molecule has 0 aliphatic heterocycles. The average molecular weight is 435 g/mol. The minimum atomic E-state index is -0.539. The number of nitrogens with zero attached hydrogens (tertiary/aromatic N) is 1. The van der Waals surface area contributed by atoms with Crippen LogP contribution in [0, 0.1) is 0 Å². The molecular weight excluding hydrogens is 404 g/mol. The van der Waals surface area contributed by atoms with Crippen LogP contribution in [-0.2, 0) is 17.8 Å². The first-order valence-electron chi connectivity index (χ1n) is 10.5. The van der Waals surface area contributed by atoms with Crippen LogP contribution >= 0.6 is 0 Å². The number of hydrogen-bond acceptors (Lipinski definition) is 4. The zero-order valence-corrected chi connectivity index (χ0v) is 19.3. The van der Waals surface area contributed by atoms with E-state index in [9.17, 15) is 9.59 Å². The maximum atomic E-state index is 12.8. The van der Waals surface area contributed by atoms with Crippen molar-refractivity contribution in [3.8, 4) is 5.75 Å². The summed E-state index contributed by atoms with van der Waals surface area (Å²) in [6, 6.07) is 19.3. The summed E-state index contributed by atoms with van der Waals surface area (Å²) in [5.41, 5.74) is 2.00. The van der Waals surface area contributed by atoms with E-state index in [0.29, 0.717) is 18.7 Å². The Bertz CT molecular complexity index is 1100.